The molecule has 0 radical (unpaired) electrons. The van der Waals surface area contributed by atoms with Crippen LogP contribution in [0.5, 0.6) is 0 Å². The Morgan fingerprint density at radius 2 is 2.00 bits per heavy atom. The van der Waals surface area contributed by atoms with Crippen molar-refractivity contribution >= 4 is 0 Å². The van der Waals surface area contributed by atoms with E-state index in [9.17, 15) is 4.39 Å². The Kier molecular flexibility index (Phi) is 1.99. The Labute approximate surface area is 58.6 Å². The standard InChI is InChI=1S/C7H9FN2/c8-6-3-1-2-5(4-6)7(9)10/h1-4,7H,9-10H2. The number of benzene rings is 1. The molecule has 0 aromatic heterocycles. The number of nitrogens with two attached hydrogens (primary N) is 2. The molecule has 0 fully saturated rings. The van der Waals surface area contributed by atoms with Gasteiger partial charge in [0.25, 0.3) is 0 Å². The van der Waals surface area contributed by atoms with Crippen LogP contribution in [0, 0.1) is 5.82 Å². The fourth-order valence-electron chi connectivity index (χ4n) is 0.714. The first-order chi connectivity index (χ1) is 4.70. The molecule has 0 spiro atoms. The fourth-order valence-corrected chi connectivity index (χ4v) is 0.714. The summed E-state index contributed by atoms with van der Waals surface area (Å²) in [6.45, 7) is 0. The van der Waals surface area contributed by atoms with Crippen LogP contribution in [-0.2, 0) is 0 Å². The lowest BCUT2D eigenvalue weighted by Gasteiger charge is -2.03. The maximum atomic E-state index is 12.4. The van der Waals surface area contributed by atoms with E-state index in [4.69, 9.17) is 11.5 Å². The zero-order chi connectivity index (χ0) is 7.56. The van der Waals surface area contributed by atoms with E-state index < -0.39 is 6.17 Å². The fraction of sp³-hybridized carbons (Fsp3) is 0.143. The Morgan fingerprint density at radius 3 is 2.40 bits per heavy atom. The van der Waals surface area contributed by atoms with Gasteiger partial charge in [-0.15, -0.1) is 0 Å². The molecule has 54 valence electrons. The van der Waals surface area contributed by atoms with Crippen LogP contribution < -0.4 is 11.5 Å². The average molecular weight is 140 g/mol. The normalized spacial score (nSPS) is 10.4. The van der Waals surface area contributed by atoms with E-state index in [1.807, 2.05) is 0 Å². The molecule has 0 amide bonds. The van der Waals surface area contributed by atoms with Crippen LogP contribution in [0.2, 0.25) is 0 Å². The van der Waals surface area contributed by atoms with Gasteiger partial charge in [-0.3, -0.25) is 0 Å². The van der Waals surface area contributed by atoms with Gasteiger partial charge in [-0.2, -0.15) is 0 Å². The first-order valence-electron chi connectivity index (χ1n) is 2.97. The van der Waals surface area contributed by atoms with Crippen molar-refractivity contribution in [3.05, 3.63) is 35.6 Å². The van der Waals surface area contributed by atoms with E-state index in [-0.39, 0.29) is 5.82 Å². The Balaban J connectivity index is 2.96. The van der Waals surface area contributed by atoms with Gasteiger partial charge in [0, 0.05) is 0 Å². The lowest BCUT2D eigenvalue weighted by Crippen LogP contribution is -2.19. The van der Waals surface area contributed by atoms with E-state index in [1.54, 1.807) is 12.1 Å². The van der Waals surface area contributed by atoms with Crippen LogP contribution in [0.4, 0.5) is 4.39 Å². The predicted octanol–water partition coefficient (Wildman–Crippen LogP) is 0.742. The Morgan fingerprint density at radius 1 is 1.30 bits per heavy atom. The van der Waals surface area contributed by atoms with E-state index in [2.05, 4.69) is 0 Å². The van der Waals surface area contributed by atoms with E-state index in [0.29, 0.717) is 5.56 Å². The maximum Gasteiger partial charge on any atom is 0.123 e. The molecule has 0 atom stereocenters. The van der Waals surface area contributed by atoms with Crippen molar-refractivity contribution in [2.24, 2.45) is 11.5 Å². The summed E-state index contributed by atoms with van der Waals surface area (Å²) in [5, 5.41) is 0. The number of hydrogen-bond donors (Lipinski definition) is 2. The molecule has 0 saturated heterocycles. The molecule has 0 saturated carbocycles. The van der Waals surface area contributed by atoms with Crippen molar-refractivity contribution in [2.45, 2.75) is 6.17 Å². The summed E-state index contributed by atoms with van der Waals surface area (Å²) in [5.74, 6) is -0.307. The molecule has 3 heteroatoms. The quantitative estimate of drug-likeness (QED) is 0.565. The zero-order valence-corrected chi connectivity index (χ0v) is 5.42. The summed E-state index contributed by atoms with van der Waals surface area (Å²) in [6, 6.07) is 5.95. The smallest absolute Gasteiger partial charge is 0.123 e. The number of halogens is 1. The van der Waals surface area contributed by atoms with E-state index >= 15 is 0 Å². The van der Waals surface area contributed by atoms with Crippen molar-refractivity contribution in [3.63, 3.8) is 0 Å². The molecule has 0 unspecified atom stereocenters. The summed E-state index contributed by atoms with van der Waals surface area (Å²) in [4.78, 5) is 0. The van der Waals surface area contributed by atoms with Crippen LogP contribution in [0.15, 0.2) is 24.3 Å². The highest BCUT2D eigenvalue weighted by atomic mass is 19.1. The SMILES string of the molecule is NC(N)c1cccc(F)c1. The Hall–Kier alpha value is -0.930. The molecule has 4 N–H and O–H groups in total. The van der Waals surface area contributed by atoms with Crippen molar-refractivity contribution in [1.82, 2.24) is 0 Å². The minimum absolute atomic E-state index is 0.307. The van der Waals surface area contributed by atoms with E-state index in [0.717, 1.165) is 0 Å². The molecule has 1 aromatic rings. The molecular weight excluding hydrogens is 131 g/mol. The highest BCUT2D eigenvalue weighted by Crippen LogP contribution is 2.06. The third-order valence-corrected chi connectivity index (χ3v) is 1.23. The molecule has 0 aliphatic heterocycles. The molecule has 10 heavy (non-hydrogen) atoms. The third-order valence-electron chi connectivity index (χ3n) is 1.23. The minimum atomic E-state index is -0.587. The summed E-state index contributed by atoms with van der Waals surface area (Å²) >= 11 is 0. The lowest BCUT2D eigenvalue weighted by atomic mass is 10.2. The lowest BCUT2D eigenvalue weighted by molar-refractivity contribution is 0.621. The number of hydrogen-bond acceptors (Lipinski definition) is 2. The third kappa shape index (κ3) is 1.52. The summed E-state index contributed by atoms with van der Waals surface area (Å²) in [6.07, 6.45) is -0.587. The van der Waals surface area contributed by atoms with Gasteiger partial charge < -0.3 is 11.5 Å². The van der Waals surface area contributed by atoms with Crippen LogP contribution in [0.25, 0.3) is 0 Å². The average Bonchev–Trinajstić information content (AvgIpc) is 1.88. The topological polar surface area (TPSA) is 52.0 Å². The van der Waals surface area contributed by atoms with Gasteiger partial charge in [-0.1, -0.05) is 12.1 Å². The largest absolute Gasteiger partial charge is 0.312 e. The van der Waals surface area contributed by atoms with Gasteiger partial charge in [-0.25, -0.2) is 4.39 Å². The van der Waals surface area contributed by atoms with Gasteiger partial charge in [0.1, 0.15) is 5.82 Å². The molecule has 1 aromatic carbocycles. The van der Waals surface area contributed by atoms with Gasteiger partial charge >= 0.3 is 0 Å². The highest BCUT2D eigenvalue weighted by molar-refractivity contribution is 5.18. The Bertz CT molecular complexity index is 223. The van der Waals surface area contributed by atoms with Gasteiger partial charge in [0.15, 0.2) is 0 Å². The molecule has 2 nitrogen and oxygen atoms in total. The molecule has 1 rings (SSSR count). The van der Waals surface area contributed by atoms with Crippen molar-refractivity contribution in [2.75, 3.05) is 0 Å². The predicted molar refractivity (Wildman–Crippen MR) is 37.5 cm³/mol. The first kappa shape index (κ1) is 7.18. The zero-order valence-electron chi connectivity index (χ0n) is 5.42. The summed E-state index contributed by atoms with van der Waals surface area (Å²) in [7, 11) is 0. The monoisotopic (exact) mass is 140 g/mol. The maximum absolute atomic E-state index is 12.4. The summed E-state index contributed by atoms with van der Waals surface area (Å²) < 4.78 is 12.4. The second-order valence-electron chi connectivity index (χ2n) is 2.08. The molecule has 0 aliphatic rings. The molecule has 0 bridgehead atoms. The van der Waals surface area contributed by atoms with Crippen LogP contribution in [-0.4, -0.2) is 0 Å². The first-order valence-corrected chi connectivity index (χ1v) is 2.97. The van der Waals surface area contributed by atoms with Crippen molar-refractivity contribution < 1.29 is 4.39 Å². The second-order valence-corrected chi connectivity index (χ2v) is 2.08. The second kappa shape index (κ2) is 2.77. The molecule has 0 heterocycles. The van der Waals surface area contributed by atoms with Crippen LogP contribution in [0.3, 0.4) is 0 Å². The number of rotatable bonds is 1. The van der Waals surface area contributed by atoms with Crippen molar-refractivity contribution in [3.8, 4) is 0 Å². The van der Waals surface area contributed by atoms with Gasteiger partial charge in [-0.05, 0) is 17.7 Å². The summed E-state index contributed by atoms with van der Waals surface area (Å²) in [5.41, 5.74) is 11.2. The van der Waals surface area contributed by atoms with Crippen molar-refractivity contribution in [1.29, 1.82) is 0 Å². The molecular formula is C7H9FN2. The van der Waals surface area contributed by atoms with Gasteiger partial charge in [0.2, 0.25) is 0 Å². The highest BCUT2D eigenvalue weighted by Gasteiger charge is 1.98. The van der Waals surface area contributed by atoms with E-state index in [1.165, 1.54) is 12.1 Å². The van der Waals surface area contributed by atoms with Crippen LogP contribution >= 0.6 is 0 Å². The van der Waals surface area contributed by atoms with Crippen LogP contribution in [0.1, 0.15) is 11.7 Å². The minimum Gasteiger partial charge on any atom is -0.312 e. The molecule has 0 aliphatic carbocycles. The van der Waals surface area contributed by atoms with Gasteiger partial charge in [0.05, 0.1) is 6.17 Å².